The zero-order valence-electron chi connectivity index (χ0n) is 30.1. The second-order valence-electron chi connectivity index (χ2n) is 15.1. The van der Waals surface area contributed by atoms with Gasteiger partial charge in [-0.1, -0.05) is 0 Å². The van der Waals surface area contributed by atoms with Crippen LogP contribution in [0.1, 0.15) is 102 Å². The smallest absolute Gasteiger partial charge is 0.407 e. The molecule has 1 aromatic heterocycles. The number of anilines is 1. The van der Waals surface area contributed by atoms with Crippen molar-refractivity contribution < 1.29 is 42.2 Å². The first-order chi connectivity index (χ1) is 23.9. The molecule has 11 nitrogen and oxygen atoms in total. The lowest BCUT2D eigenvalue weighted by molar-refractivity contribution is -0.142. The van der Waals surface area contributed by atoms with Crippen molar-refractivity contribution in [1.29, 1.82) is 0 Å². The third-order valence-corrected chi connectivity index (χ3v) is 10.7. The summed E-state index contributed by atoms with van der Waals surface area (Å²) >= 11 is 0. The number of likely N-dealkylation sites (tertiary alicyclic amines) is 1. The van der Waals surface area contributed by atoms with Gasteiger partial charge in [-0.2, -0.15) is 0 Å². The van der Waals surface area contributed by atoms with Crippen LogP contribution >= 0.6 is 0 Å². The molecule has 1 aromatic carbocycles. The number of carbonyl (C=O) groups is 4. The monoisotopic (exact) mass is 699 g/mol. The Morgan fingerprint density at radius 2 is 1.72 bits per heavy atom. The largest absolute Gasteiger partial charge is 0.460 e. The van der Waals surface area contributed by atoms with E-state index < -0.39 is 30.4 Å². The number of carbonyl (C=O) groups excluding carboxylic acids is 4. The SMILES string of the molecule is CCOC(=O)c1cc2cc(NC(=O)[C@@H]3[C@H](C4CCC(OC)CC4)CCN3C(=O)[C@H]3CC[C@H]([C@@H](CCF)NC(=O)OC(C)(C)C)CC3)ccc2o1. The van der Waals surface area contributed by atoms with Crippen LogP contribution in [0.3, 0.4) is 0 Å². The fourth-order valence-corrected chi connectivity index (χ4v) is 8.29. The Morgan fingerprint density at radius 3 is 2.36 bits per heavy atom. The standard InChI is InChI=1S/C38H54FN3O8/c1-6-48-36(45)32-22-26-21-27(13-16-31(26)49-32)40-34(43)33-29(23-11-14-28(47-5)15-12-23)18-20-42(33)35(44)25-9-7-24(8-10-25)30(17-19-39)41-37(46)50-38(2,3)4/h13,16,21-25,28-30,33H,6-12,14-15,17-20H2,1-5H3,(H,40,43)(H,41,46)/t23?,24-,25-,28?,29-,30+,33-/m0/s1. The topological polar surface area (TPSA) is 136 Å². The van der Waals surface area contributed by atoms with E-state index in [2.05, 4.69) is 10.6 Å². The number of fused-ring (bicyclic) bond motifs is 1. The molecule has 2 heterocycles. The van der Waals surface area contributed by atoms with Crippen LogP contribution in [0.2, 0.25) is 0 Å². The van der Waals surface area contributed by atoms with E-state index in [1.165, 1.54) is 0 Å². The fourth-order valence-electron chi connectivity index (χ4n) is 8.29. The molecule has 0 radical (unpaired) electrons. The van der Waals surface area contributed by atoms with E-state index in [9.17, 15) is 23.6 Å². The molecule has 3 amide bonds. The number of furan rings is 1. The number of alkyl halides is 1. The van der Waals surface area contributed by atoms with Gasteiger partial charge in [-0.05, 0) is 134 Å². The van der Waals surface area contributed by atoms with Crippen LogP contribution < -0.4 is 10.6 Å². The van der Waals surface area contributed by atoms with Gasteiger partial charge in [0.25, 0.3) is 0 Å². The lowest BCUT2D eigenvalue weighted by Gasteiger charge is -2.38. The Hall–Kier alpha value is -3.67. The van der Waals surface area contributed by atoms with Gasteiger partial charge in [-0.15, -0.1) is 0 Å². The number of hydrogen-bond donors (Lipinski definition) is 2. The molecular formula is C38H54FN3O8. The molecule has 2 aromatic rings. The minimum atomic E-state index is -0.659. The number of methoxy groups -OCH3 is 1. The Bertz CT molecular complexity index is 1490. The molecule has 0 unspecified atom stereocenters. The first-order valence-electron chi connectivity index (χ1n) is 18.3. The van der Waals surface area contributed by atoms with Gasteiger partial charge in [0.1, 0.15) is 17.2 Å². The highest BCUT2D eigenvalue weighted by Crippen LogP contribution is 2.42. The number of halogens is 1. The van der Waals surface area contributed by atoms with Crippen LogP contribution in [0, 0.1) is 23.7 Å². The van der Waals surface area contributed by atoms with Crippen LogP contribution in [0.4, 0.5) is 14.9 Å². The van der Waals surface area contributed by atoms with Gasteiger partial charge in [0.2, 0.25) is 17.6 Å². The van der Waals surface area contributed by atoms with Crippen molar-refractivity contribution in [1.82, 2.24) is 10.2 Å². The van der Waals surface area contributed by atoms with Gasteiger partial charge in [0.15, 0.2) is 0 Å². The van der Waals surface area contributed by atoms with Gasteiger partial charge in [0, 0.05) is 36.7 Å². The number of amides is 3. The summed E-state index contributed by atoms with van der Waals surface area (Å²) in [5.41, 5.74) is 0.395. The Balaban J connectivity index is 1.29. The molecule has 276 valence electrons. The van der Waals surface area contributed by atoms with E-state index >= 15 is 0 Å². The summed E-state index contributed by atoms with van der Waals surface area (Å²) in [5, 5.41) is 6.61. The van der Waals surface area contributed by atoms with Gasteiger partial charge in [-0.3, -0.25) is 14.0 Å². The van der Waals surface area contributed by atoms with Crippen molar-refractivity contribution in [2.24, 2.45) is 23.7 Å². The number of esters is 1. The first-order valence-corrected chi connectivity index (χ1v) is 18.3. The van der Waals surface area contributed by atoms with Crippen LogP contribution in [0.5, 0.6) is 0 Å². The summed E-state index contributed by atoms with van der Waals surface area (Å²) in [6, 6.07) is 5.82. The first kappa shape index (κ1) is 37.6. The molecule has 1 aliphatic heterocycles. The number of alkyl carbamates (subject to hydrolysis) is 1. The average molecular weight is 700 g/mol. The molecule has 50 heavy (non-hydrogen) atoms. The normalized spacial score (nSPS) is 26.3. The summed E-state index contributed by atoms with van der Waals surface area (Å²) in [6.45, 7) is 7.27. The number of benzene rings is 1. The van der Waals surface area contributed by atoms with Crippen molar-refractivity contribution in [3.8, 4) is 0 Å². The van der Waals surface area contributed by atoms with E-state index in [1.54, 1.807) is 64.0 Å². The molecule has 3 aliphatic rings. The minimum Gasteiger partial charge on any atom is -0.460 e. The molecule has 0 bridgehead atoms. The highest BCUT2D eigenvalue weighted by molar-refractivity contribution is 6.00. The van der Waals surface area contributed by atoms with E-state index in [4.69, 9.17) is 18.6 Å². The van der Waals surface area contributed by atoms with Crippen molar-refractivity contribution in [3.63, 3.8) is 0 Å². The summed E-state index contributed by atoms with van der Waals surface area (Å²) in [5.74, 6) is -0.582. The predicted octanol–water partition coefficient (Wildman–Crippen LogP) is 7.03. The number of nitrogens with zero attached hydrogens (tertiary/aromatic N) is 1. The molecule has 12 heteroatoms. The molecule has 3 fully saturated rings. The number of hydrogen-bond acceptors (Lipinski definition) is 8. The minimum absolute atomic E-state index is 0.0109. The highest BCUT2D eigenvalue weighted by Gasteiger charge is 2.47. The molecular weight excluding hydrogens is 645 g/mol. The Labute approximate surface area is 294 Å². The van der Waals surface area contributed by atoms with Crippen LogP contribution in [0.25, 0.3) is 11.0 Å². The maximum absolute atomic E-state index is 14.2. The van der Waals surface area contributed by atoms with E-state index in [-0.39, 0.29) is 60.5 Å². The van der Waals surface area contributed by atoms with Crippen molar-refractivity contribution in [2.45, 2.75) is 116 Å². The molecule has 3 atom stereocenters. The molecule has 2 aliphatic carbocycles. The van der Waals surface area contributed by atoms with Crippen molar-refractivity contribution >= 4 is 40.5 Å². The van der Waals surface area contributed by atoms with E-state index in [0.717, 1.165) is 32.1 Å². The zero-order valence-corrected chi connectivity index (χ0v) is 30.1. The third-order valence-electron chi connectivity index (χ3n) is 10.7. The average Bonchev–Trinajstić information content (AvgIpc) is 3.72. The van der Waals surface area contributed by atoms with Gasteiger partial charge < -0.3 is 34.2 Å². The summed E-state index contributed by atoms with van der Waals surface area (Å²) < 4.78 is 35.3. The maximum atomic E-state index is 14.2. The number of ether oxygens (including phenoxy) is 3. The lowest BCUT2D eigenvalue weighted by atomic mass is 9.75. The second-order valence-corrected chi connectivity index (χ2v) is 15.1. The van der Waals surface area contributed by atoms with Gasteiger partial charge in [0.05, 0.1) is 19.4 Å². The lowest BCUT2D eigenvalue weighted by Crippen LogP contribution is -2.50. The number of nitrogens with one attached hydrogen (secondary N) is 2. The van der Waals surface area contributed by atoms with Gasteiger partial charge >= 0.3 is 12.1 Å². The number of rotatable bonds is 11. The quantitative estimate of drug-likeness (QED) is 0.239. The summed E-state index contributed by atoms with van der Waals surface area (Å²) in [7, 11) is 1.74. The van der Waals surface area contributed by atoms with Gasteiger partial charge in [-0.25, -0.2) is 9.59 Å². The molecule has 0 spiro atoms. The van der Waals surface area contributed by atoms with Crippen molar-refractivity contribution in [3.05, 3.63) is 30.0 Å². The van der Waals surface area contributed by atoms with Crippen molar-refractivity contribution in [2.75, 3.05) is 32.3 Å². The zero-order chi connectivity index (χ0) is 36.0. The van der Waals surface area contributed by atoms with Crippen LogP contribution in [0.15, 0.2) is 28.7 Å². The summed E-state index contributed by atoms with van der Waals surface area (Å²) in [4.78, 5) is 55.0. The molecule has 2 saturated carbocycles. The highest BCUT2D eigenvalue weighted by atomic mass is 19.1. The molecule has 5 rings (SSSR count). The molecule has 1 saturated heterocycles. The predicted molar refractivity (Wildman–Crippen MR) is 186 cm³/mol. The van der Waals surface area contributed by atoms with E-state index in [0.29, 0.717) is 54.8 Å². The molecule has 2 N–H and O–H groups in total. The van der Waals surface area contributed by atoms with Crippen LogP contribution in [-0.2, 0) is 23.8 Å². The fraction of sp³-hybridized carbons (Fsp3) is 0.684. The third kappa shape index (κ3) is 9.16. The summed E-state index contributed by atoms with van der Waals surface area (Å²) in [6.07, 6.45) is 6.92. The van der Waals surface area contributed by atoms with Crippen LogP contribution in [-0.4, -0.2) is 79.5 Å². The Kier molecular flexibility index (Phi) is 12.5. The maximum Gasteiger partial charge on any atom is 0.407 e. The van der Waals surface area contributed by atoms with E-state index in [1.807, 2.05) is 0 Å². The second kappa shape index (κ2) is 16.6. The Morgan fingerprint density at radius 1 is 1.00 bits per heavy atom.